The second-order valence-corrected chi connectivity index (χ2v) is 18.8. The van der Waals surface area contributed by atoms with Crippen LogP contribution >= 0.6 is 0 Å². The van der Waals surface area contributed by atoms with Crippen molar-refractivity contribution >= 4 is 12.4 Å². The van der Waals surface area contributed by atoms with Gasteiger partial charge >= 0.3 is 0 Å². The summed E-state index contributed by atoms with van der Waals surface area (Å²) in [5, 5.41) is 33.3. The van der Waals surface area contributed by atoms with Gasteiger partial charge in [0.2, 0.25) is 0 Å². The SMILES string of the molecule is CC(C)(C)c1cc(C=N[C@@H]2CCCC[C@H]2N=Cc2cc(C(C)(C)C)cc(C(C)(C)C)c2O)c(O)c(C(C)(C)C)c1.[Mn].[O-]c1ccc(Oc2ccccc2)cc1. The zero-order valence-corrected chi connectivity index (χ0v) is 36.3. The molecule has 1 aliphatic carbocycles. The number of aromatic hydroxyl groups is 2. The van der Waals surface area contributed by atoms with Crippen molar-refractivity contribution in [2.45, 2.75) is 143 Å². The molecule has 0 spiro atoms. The van der Waals surface area contributed by atoms with Gasteiger partial charge in [0, 0.05) is 51.8 Å². The zero-order chi connectivity index (χ0) is 40.1. The Morgan fingerprint density at radius 1 is 0.564 bits per heavy atom. The number of hydrogen-bond donors (Lipinski definition) is 2. The molecule has 2 N–H and O–H groups in total. The van der Waals surface area contributed by atoms with Gasteiger partial charge in [0.15, 0.2) is 0 Å². The van der Waals surface area contributed by atoms with Crippen LogP contribution < -0.4 is 9.84 Å². The van der Waals surface area contributed by atoms with E-state index in [-0.39, 0.29) is 56.6 Å². The molecular weight excluding hydrogens is 723 g/mol. The van der Waals surface area contributed by atoms with Crippen LogP contribution in [-0.4, -0.2) is 34.7 Å². The Morgan fingerprint density at radius 3 is 1.31 bits per heavy atom. The molecule has 0 aliphatic heterocycles. The first-order valence-electron chi connectivity index (χ1n) is 19.4. The van der Waals surface area contributed by atoms with Crippen LogP contribution in [0.15, 0.2) is 88.8 Å². The molecule has 7 heteroatoms. The van der Waals surface area contributed by atoms with Crippen molar-refractivity contribution < 1.29 is 37.1 Å². The first-order chi connectivity index (χ1) is 25.0. The van der Waals surface area contributed by atoms with Crippen LogP contribution in [0.3, 0.4) is 0 Å². The van der Waals surface area contributed by atoms with E-state index in [0.29, 0.717) is 17.2 Å². The molecule has 0 bridgehead atoms. The smallest absolute Gasteiger partial charge is 0.128 e. The van der Waals surface area contributed by atoms with Gasteiger partial charge in [0.1, 0.15) is 23.0 Å². The van der Waals surface area contributed by atoms with E-state index in [0.717, 1.165) is 53.7 Å². The van der Waals surface area contributed by atoms with Crippen LogP contribution in [0, 0.1) is 0 Å². The summed E-state index contributed by atoms with van der Waals surface area (Å²) in [6.07, 6.45) is 7.90. The normalized spacial score (nSPS) is 16.7. The van der Waals surface area contributed by atoms with Crippen LogP contribution in [0.4, 0.5) is 0 Å². The van der Waals surface area contributed by atoms with Crippen LogP contribution in [-0.2, 0) is 38.7 Å². The molecule has 4 aromatic rings. The summed E-state index contributed by atoms with van der Waals surface area (Å²) in [5.74, 6) is 2.07. The number of benzene rings is 4. The Morgan fingerprint density at radius 2 is 0.945 bits per heavy atom. The molecule has 4 aromatic carbocycles. The van der Waals surface area contributed by atoms with E-state index in [4.69, 9.17) is 14.7 Å². The summed E-state index contributed by atoms with van der Waals surface area (Å²) in [6.45, 7) is 26.0. The number of para-hydroxylation sites is 1. The summed E-state index contributed by atoms with van der Waals surface area (Å²) in [4.78, 5) is 10.1. The summed E-state index contributed by atoms with van der Waals surface area (Å²) in [7, 11) is 0. The van der Waals surface area contributed by atoms with Gasteiger partial charge in [-0.05, 0) is 82.0 Å². The first kappa shape index (κ1) is 45.3. The maximum absolute atomic E-state index is 11.2. The van der Waals surface area contributed by atoms with Gasteiger partial charge in [-0.3, -0.25) is 9.98 Å². The van der Waals surface area contributed by atoms with E-state index in [1.54, 1.807) is 12.1 Å². The Bertz CT molecular complexity index is 1810. The second kappa shape index (κ2) is 18.3. The molecule has 0 amide bonds. The average Bonchev–Trinajstić information content (AvgIpc) is 3.07. The fourth-order valence-corrected chi connectivity index (χ4v) is 6.44. The number of phenolic OH excluding ortho intramolecular Hbond substituents is 2. The predicted octanol–water partition coefficient (Wildman–Crippen LogP) is 11.7. The number of hydrogen-bond acceptors (Lipinski definition) is 6. The summed E-state index contributed by atoms with van der Waals surface area (Å²) >= 11 is 0. The van der Waals surface area contributed by atoms with Crippen LogP contribution in [0.2, 0.25) is 0 Å². The Balaban J connectivity index is 0.000000451. The van der Waals surface area contributed by atoms with Crippen molar-refractivity contribution in [1.29, 1.82) is 0 Å². The molecular formula is C48H63MnN2O4-. The van der Waals surface area contributed by atoms with Gasteiger partial charge in [0.05, 0.1) is 12.1 Å². The fourth-order valence-electron chi connectivity index (χ4n) is 6.44. The van der Waals surface area contributed by atoms with Gasteiger partial charge < -0.3 is 20.1 Å². The predicted molar refractivity (Wildman–Crippen MR) is 225 cm³/mol. The van der Waals surface area contributed by atoms with E-state index < -0.39 is 0 Å². The number of nitrogens with zero attached hydrogens (tertiary/aromatic N) is 2. The number of rotatable bonds is 6. The van der Waals surface area contributed by atoms with Crippen molar-refractivity contribution in [3.63, 3.8) is 0 Å². The summed E-state index contributed by atoms with van der Waals surface area (Å²) in [6, 6.07) is 24.3. The number of phenols is 2. The van der Waals surface area contributed by atoms with Crippen LogP contribution in [0.25, 0.3) is 0 Å². The molecule has 0 unspecified atom stereocenters. The molecule has 297 valence electrons. The molecule has 5 rings (SSSR count). The Labute approximate surface area is 341 Å². The van der Waals surface area contributed by atoms with Crippen molar-refractivity contribution in [3.8, 4) is 28.7 Å². The average molecular weight is 787 g/mol. The maximum atomic E-state index is 11.2. The Hall–Kier alpha value is -4.06. The van der Waals surface area contributed by atoms with E-state index in [1.807, 2.05) is 42.8 Å². The molecule has 1 saturated carbocycles. The van der Waals surface area contributed by atoms with Crippen molar-refractivity contribution in [2.24, 2.45) is 9.98 Å². The third kappa shape index (κ3) is 12.7. The van der Waals surface area contributed by atoms with Gasteiger partial charge in [-0.2, -0.15) is 0 Å². The molecule has 1 aliphatic rings. The van der Waals surface area contributed by atoms with Crippen molar-refractivity contribution in [2.75, 3.05) is 0 Å². The third-order valence-corrected chi connectivity index (χ3v) is 9.93. The minimum absolute atomic E-state index is 0. The third-order valence-electron chi connectivity index (χ3n) is 9.93. The second-order valence-electron chi connectivity index (χ2n) is 18.8. The first-order valence-corrected chi connectivity index (χ1v) is 19.4. The standard InChI is InChI=1S/C36H54N2O2.C12H10O2.Mn/c1-33(2,3)25-17-23(31(39)27(19-25)35(7,8)9)21-37-29-15-13-14-16-30(29)38-22-24-18-26(34(4,5)6)20-28(32(24)40)36(10,11)12;13-10-6-8-12(9-7-10)14-11-4-2-1-3-5-11;/h17-22,29-30,39-40H,13-16H2,1-12H3;1-9,13H;/p-1/t29-,30-;;/m1../s1. The van der Waals surface area contributed by atoms with Crippen molar-refractivity contribution in [1.82, 2.24) is 0 Å². The van der Waals surface area contributed by atoms with Gasteiger partial charge in [-0.15, -0.1) is 5.75 Å². The fraction of sp³-hybridized carbons (Fsp3) is 0.458. The monoisotopic (exact) mass is 786 g/mol. The summed E-state index contributed by atoms with van der Waals surface area (Å²) in [5.41, 5.74) is 5.39. The quantitative estimate of drug-likeness (QED) is 0.150. The van der Waals surface area contributed by atoms with Crippen LogP contribution in [0.5, 0.6) is 28.7 Å². The maximum Gasteiger partial charge on any atom is 0.128 e. The minimum Gasteiger partial charge on any atom is -0.872 e. The largest absolute Gasteiger partial charge is 0.872 e. The molecule has 6 nitrogen and oxygen atoms in total. The number of ether oxygens (including phenoxy) is 1. The Kier molecular flexibility index (Phi) is 15.0. The molecule has 1 fully saturated rings. The topological polar surface area (TPSA) is 97.5 Å². The molecule has 2 atom stereocenters. The minimum atomic E-state index is -0.179. The molecule has 0 heterocycles. The van der Waals surface area contributed by atoms with Gasteiger partial charge in [-0.1, -0.05) is 138 Å². The number of aliphatic imine (C=N–C) groups is 2. The van der Waals surface area contributed by atoms with Crippen molar-refractivity contribution in [3.05, 3.63) is 112 Å². The van der Waals surface area contributed by atoms with Gasteiger partial charge in [-0.25, -0.2) is 0 Å². The zero-order valence-electron chi connectivity index (χ0n) is 35.1. The van der Waals surface area contributed by atoms with E-state index in [2.05, 4.69) is 107 Å². The van der Waals surface area contributed by atoms with E-state index in [9.17, 15) is 15.3 Å². The molecule has 55 heavy (non-hydrogen) atoms. The molecule has 0 aromatic heterocycles. The van der Waals surface area contributed by atoms with Crippen LogP contribution in [0.1, 0.15) is 142 Å². The molecule has 1 radical (unpaired) electrons. The summed E-state index contributed by atoms with van der Waals surface area (Å²) < 4.78 is 5.49. The van der Waals surface area contributed by atoms with E-state index >= 15 is 0 Å². The molecule has 0 saturated heterocycles. The van der Waals surface area contributed by atoms with Gasteiger partial charge in [0.25, 0.3) is 0 Å². The van der Waals surface area contributed by atoms with E-state index in [1.165, 1.54) is 23.3 Å².